The topological polar surface area (TPSA) is 56.7 Å². The number of nitrogens with two attached hydrogens (primary N) is 1. The number of hydrogen-bond acceptors (Lipinski definition) is 3. The van der Waals surface area contributed by atoms with Crippen LogP contribution in [0, 0.1) is 11.8 Å². The summed E-state index contributed by atoms with van der Waals surface area (Å²) in [5.41, 5.74) is 6.96. The first-order chi connectivity index (χ1) is 7.34. The summed E-state index contributed by atoms with van der Waals surface area (Å²) in [6.45, 7) is 0.559. The van der Waals surface area contributed by atoms with Gasteiger partial charge in [-0.1, -0.05) is 5.92 Å². The first-order valence-electron chi connectivity index (χ1n) is 4.52. The highest BCUT2D eigenvalue weighted by atomic mass is 15.3. The molecule has 4 heteroatoms. The van der Waals surface area contributed by atoms with Crippen molar-refractivity contribution in [3.8, 4) is 11.8 Å². The monoisotopic (exact) mass is 198 g/mol. The van der Waals surface area contributed by atoms with Crippen LogP contribution >= 0.6 is 0 Å². The number of pyridine rings is 1. The summed E-state index contributed by atoms with van der Waals surface area (Å²) in [5, 5.41) is 4.03. The molecule has 0 radical (unpaired) electrons. The highest BCUT2D eigenvalue weighted by Gasteiger charge is 1.88. The maximum absolute atomic E-state index is 5.60. The third-order valence-corrected chi connectivity index (χ3v) is 1.80. The van der Waals surface area contributed by atoms with Crippen LogP contribution in [0.4, 0.5) is 5.69 Å². The Bertz CT molecular complexity index is 491. The second-order valence-corrected chi connectivity index (χ2v) is 2.98. The van der Waals surface area contributed by atoms with Crippen molar-refractivity contribution in [3.05, 3.63) is 42.5 Å². The molecule has 0 aliphatic rings. The van der Waals surface area contributed by atoms with Crippen molar-refractivity contribution in [1.29, 1.82) is 0 Å². The number of hydrogen-bond donors (Lipinski definition) is 1. The third-order valence-electron chi connectivity index (χ3n) is 1.80. The van der Waals surface area contributed by atoms with E-state index in [0.29, 0.717) is 17.9 Å². The fourth-order valence-corrected chi connectivity index (χ4v) is 1.12. The molecular weight excluding hydrogens is 188 g/mol. The fraction of sp³-hybridized carbons (Fsp3) is 0.0909. The van der Waals surface area contributed by atoms with E-state index in [4.69, 9.17) is 5.73 Å². The Kier molecular flexibility index (Phi) is 2.65. The van der Waals surface area contributed by atoms with Gasteiger partial charge in [-0.2, -0.15) is 5.10 Å². The molecular formula is C11H10N4. The number of anilines is 1. The van der Waals surface area contributed by atoms with E-state index in [1.54, 1.807) is 29.2 Å². The molecule has 74 valence electrons. The minimum atomic E-state index is 0.559. The molecule has 0 amide bonds. The van der Waals surface area contributed by atoms with Gasteiger partial charge in [0.05, 0.1) is 0 Å². The second kappa shape index (κ2) is 4.29. The summed E-state index contributed by atoms with van der Waals surface area (Å²) in [4.78, 5) is 4.08. The number of nitrogen functional groups attached to an aromatic ring is 1. The molecule has 0 aromatic carbocycles. The maximum Gasteiger partial charge on any atom is 0.115 e. The first-order valence-corrected chi connectivity index (χ1v) is 4.52. The van der Waals surface area contributed by atoms with E-state index < -0.39 is 0 Å². The molecule has 0 saturated carbocycles. The van der Waals surface area contributed by atoms with Crippen molar-refractivity contribution in [2.24, 2.45) is 0 Å². The van der Waals surface area contributed by atoms with Crippen LogP contribution in [0.25, 0.3) is 0 Å². The molecule has 2 aromatic heterocycles. The highest BCUT2D eigenvalue weighted by Crippen LogP contribution is 2.00. The molecule has 0 unspecified atom stereocenters. The van der Waals surface area contributed by atoms with E-state index in [1.165, 1.54) is 0 Å². The number of aromatic nitrogens is 3. The van der Waals surface area contributed by atoms with E-state index in [-0.39, 0.29) is 0 Å². The standard InChI is InChI=1S/C11H10N4/c12-10-4-6-13-11(9-10)3-1-7-15-8-2-5-14-15/h2,4-6,8-9H,7H2,(H2,12,13). The molecule has 2 aromatic rings. The Hall–Kier alpha value is -2.28. The second-order valence-electron chi connectivity index (χ2n) is 2.98. The Morgan fingerprint density at radius 1 is 1.40 bits per heavy atom. The van der Waals surface area contributed by atoms with Crippen LogP contribution in [-0.2, 0) is 6.54 Å². The van der Waals surface area contributed by atoms with Gasteiger partial charge in [-0.3, -0.25) is 4.68 Å². The van der Waals surface area contributed by atoms with Crippen LogP contribution in [0.3, 0.4) is 0 Å². The van der Waals surface area contributed by atoms with Crippen LogP contribution in [0.1, 0.15) is 5.69 Å². The Morgan fingerprint density at radius 3 is 3.07 bits per heavy atom. The van der Waals surface area contributed by atoms with Gasteiger partial charge in [-0.05, 0) is 24.1 Å². The average molecular weight is 198 g/mol. The van der Waals surface area contributed by atoms with Gasteiger partial charge in [0.1, 0.15) is 12.2 Å². The van der Waals surface area contributed by atoms with Gasteiger partial charge >= 0.3 is 0 Å². The Balaban J connectivity index is 2.06. The lowest BCUT2D eigenvalue weighted by atomic mass is 10.3. The van der Waals surface area contributed by atoms with E-state index in [1.807, 2.05) is 12.3 Å². The molecule has 2 rings (SSSR count). The van der Waals surface area contributed by atoms with Crippen LogP contribution in [0.5, 0.6) is 0 Å². The summed E-state index contributed by atoms with van der Waals surface area (Å²) in [5.74, 6) is 5.89. The Morgan fingerprint density at radius 2 is 2.33 bits per heavy atom. The van der Waals surface area contributed by atoms with Crippen LogP contribution < -0.4 is 5.73 Å². The van der Waals surface area contributed by atoms with E-state index >= 15 is 0 Å². The van der Waals surface area contributed by atoms with Gasteiger partial charge < -0.3 is 5.73 Å². The zero-order chi connectivity index (χ0) is 10.5. The number of nitrogens with zero attached hydrogens (tertiary/aromatic N) is 3. The van der Waals surface area contributed by atoms with Crippen LogP contribution in [0.2, 0.25) is 0 Å². The van der Waals surface area contributed by atoms with Crippen molar-refractivity contribution in [2.75, 3.05) is 5.73 Å². The predicted molar refractivity (Wildman–Crippen MR) is 57.8 cm³/mol. The molecule has 0 saturated heterocycles. The summed E-state index contributed by atoms with van der Waals surface area (Å²) < 4.78 is 1.75. The van der Waals surface area contributed by atoms with Crippen molar-refractivity contribution in [3.63, 3.8) is 0 Å². The van der Waals surface area contributed by atoms with Crippen molar-refractivity contribution in [2.45, 2.75) is 6.54 Å². The van der Waals surface area contributed by atoms with E-state index in [9.17, 15) is 0 Å². The lowest BCUT2D eigenvalue weighted by molar-refractivity contribution is 0.715. The van der Waals surface area contributed by atoms with Gasteiger partial charge in [0.15, 0.2) is 0 Å². The molecule has 0 bridgehead atoms. The van der Waals surface area contributed by atoms with Gasteiger partial charge in [-0.15, -0.1) is 0 Å². The SMILES string of the molecule is Nc1ccnc(C#CCn2cccn2)c1. The molecule has 2 heterocycles. The van der Waals surface area contributed by atoms with Crippen molar-refractivity contribution >= 4 is 5.69 Å². The van der Waals surface area contributed by atoms with Crippen LogP contribution in [-0.4, -0.2) is 14.8 Å². The fourth-order valence-electron chi connectivity index (χ4n) is 1.12. The normalized spacial score (nSPS) is 9.33. The summed E-state index contributed by atoms with van der Waals surface area (Å²) >= 11 is 0. The Labute approximate surface area is 87.7 Å². The lowest BCUT2D eigenvalue weighted by Gasteiger charge is -1.92. The molecule has 0 aliphatic carbocycles. The largest absolute Gasteiger partial charge is 0.399 e. The maximum atomic E-state index is 5.60. The summed E-state index contributed by atoms with van der Waals surface area (Å²) in [6.07, 6.45) is 5.23. The molecule has 2 N–H and O–H groups in total. The lowest BCUT2D eigenvalue weighted by Crippen LogP contribution is -1.95. The molecule has 0 aliphatic heterocycles. The summed E-state index contributed by atoms with van der Waals surface area (Å²) in [6, 6.07) is 5.34. The van der Waals surface area contributed by atoms with Gasteiger partial charge in [0, 0.05) is 24.3 Å². The van der Waals surface area contributed by atoms with Gasteiger partial charge in [0.2, 0.25) is 0 Å². The predicted octanol–water partition coefficient (Wildman–Crippen LogP) is 0.912. The molecule has 0 spiro atoms. The molecule has 0 fully saturated rings. The molecule has 4 nitrogen and oxygen atoms in total. The van der Waals surface area contributed by atoms with Gasteiger partial charge in [0.25, 0.3) is 0 Å². The summed E-state index contributed by atoms with van der Waals surface area (Å²) in [7, 11) is 0. The minimum Gasteiger partial charge on any atom is -0.399 e. The van der Waals surface area contributed by atoms with Crippen molar-refractivity contribution in [1.82, 2.24) is 14.8 Å². The smallest absolute Gasteiger partial charge is 0.115 e. The van der Waals surface area contributed by atoms with Gasteiger partial charge in [-0.25, -0.2) is 4.98 Å². The zero-order valence-corrected chi connectivity index (χ0v) is 8.09. The van der Waals surface area contributed by atoms with E-state index in [0.717, 1.165) is 0 Å². The number of rotatable bonds is 1. The minimum absolute atomic E-state index is 0.559. The first kappa shape index (κ1) is 9.28. The van der Waals surface area contributed by atoms with Crippen molar-refractivity contribution < 1.29 is 0 Å². The average Bonchev–Trinajstić information content (AvgIpc) is 2.71. The highest BCUT2D eigenvalue weighted by molar-refractivity contribution is 5.42. The van der Waals surface area contributed by atoms with E-state index in [2.05, 4.69) is 21.9 Å². The molecule has 0 atom stereocenters. The third kappa shape index (κ3) is 2.58. The molecule has 15 heavy (non-hydrogen) atoms. The zero-order valence-electron chi connectivity index (χ0n) is 8.09. The van der Waals surface area contributed by atoms with Crippen LogP contribution in [0.15, 0.2) is 36.8 Å². The quantitative estimate of drug-likeness (QED) is 0.693.